The topological polar surface area (TPSA) is 21.7 Å². The monoisotopic (exact) mass is 393 g/mol. The van der Waals surface area contributed by atoms with Gasteiger partial charge in [0.15, 0.2) is 0 Å². The second-order valence-electron chi connectivity index (χ2n) is 7.19. The van der Waals surface area contributed by atoms with Gasteiger partial charge >= 0.3 is 0 Å². The summed E-state index contributed by atoms with van der Waals surface area (Å²) < 4.78 is 11.3. The molecular weight excluding hydrogens is 366 g/mol. The maximum Gasteiger partial charge on any atom is 0.119 e. The molecule has 1 unspecified atom stereocenters. The Labute approximate surface area is 171 Å². The zero-order valence-corrected chi connectivity index (χ0v) is 17.2. The van der Waals surface area contributed by atoms with Crippen LogP contribution in [0.25, 0.3) is 0 Å². The first kappa shape index (κ1) is 19.0. The third kappa shape index (κ3) is 4.57. The predicted molar refractivity (Wildman–Crippen MR) is 116 cm³/mol. The molecule has 4 heteroatoms. The second kappa shape index (κ2) is 9.26. The molecule has 28 heavy (non-hydrogen) atoms. The number of benzene rings is 2. The largest absolute Gasteiger partial charge is 0.497 e. The van der Waals surface area contributed by atoms with E-state index in [0.717, 1.165) is 24.7 Å². The van der Waals surface area contributed by atoms with E-state index in [1.807, 2.05) is 12.1 Å². The zero-order valence-electron chi connectivity index (χ0n) is 16.3. The molecule has 1 aromatic heterocycles. The average molecular weight is 394 g/mol. The number of likely N-dealkylation sites (tertiary alicyclic amines) is 1. The van der Waals surface area contributed by atoms with Crippen LogP contribution >= 0.6 is 11.3 Å². The Bertz CT molecular complexity index is 837. The molecule has 1 fully saturated rings. The van der Waals surface area contributed by atoms with Crippen LogP contribution in [0.4, 0.5) is 0 Å². The quantitative estimate of drug-likeness (QED) is 0.511. The van der Waals surface area contributed by atoms with Crippen molar-refractivity contribution in [1.82, 2.24) is 4.90 Å². The molecule has 0 N–H and O–H groups in total. The Morgan fingerprint density at radius 1 is 0.893 bits per heavy atom. The van der Waals surface area contributed by atoms with Crippen molar-refractivity contribution >= 4 is 11.3 Å². The van der Waals surface area contributed by atoms with Gasteiger partial charge in [0, 0.05) is 17.3 Å². The third-order valence-electron chi connectivity index (χ3n) is 5.37. The number of nitrogens with zero attached hydrogens (tertiary/aromatic N) is 1. The van der Waals surface area contributed by atoms with Crippen molar-refractivity contribution in [3.05, 3.63) is 82.0 Å². The molecule has 0 aliphatic carbocycles. The van der Waals surface area contributed by atoms with E-state index >= 15 is 0 Å². The zero-order chi connectivity index (χ0) is 19.2. The van der Waals surface area contributed by atoms with Gasteiger partial charge in [-0.2, -0.15) is 0 Å². The van der Waals surface area contributed by atoms with Crippen molar-refractivity contribution in [3.8, 4) is 11.5 Å². The van der Waals surface area contributed by atoms with Crippen LogP contribution < -0.4 is 9.47 Å². The van der Waals surface area contributed by atoms with Crippen LogP contribution in [-0.4, -0.2) is 38.3 Å². The van der Waals surface area contributed by atoms with Crippen LogP contribution in [0.1, 0.15) is 34.8 Å². The van der Waals surface area contributed by atoms with Gasteiger partial charge in [0.2, 0.25) is 0 Å². The van der Waals surface area contributed by atoms with Crippen LogP contribution in [0.5, 0.6) is 11.5 Å². The lowest BCUT2D eigenvalue weighted by Crippen LogP contribution is -2.25. The van der Waals surface area contributed by atoms with E-state index in [9.17, 15) is 0 Å². The van der Waals surface area contributed by atoms with E-state index in [1.165, 1.54) is 41.9 Å². The van der Waals surface area contributed by atoms with Gasteiger partial charge in [-0.3, -0.25) is 4.90 Å². The van der Waals surface area contributed by atoms with Crippen molar-refractivity contribution in [2.75, 3.05) is 33.4 Å². The van der Waals surface area contributed by atoms with Crippen molar-refractivity contribution in [2.45, 2.75) is 18.8 Å². The fourth-order valence-corrected chi connectivity index (χ4v) is 4.71. The summed E-state index contributed by atoms with van der Waals surface area (Å²) in [5, 5.41) is 2.14. The van der Waals surface area contributed by atoms with Crippen LogP contribution in [0.3, 0.4) is 0 Å². The Balaban J connectivity index is 1.48. The molecule has 0 bridgehead atoms. The third-order valence-corrected chi connectivity index (χ3v) is 6.30. The van der Waals surface area contributed by atoms with Gasteiger partial charge < -0.3 is 9.47 Å². The van der Waals surface area contributed by atoms with Crippen molar-refractivity contribution < 1.29 is 9.47 Å². The summed E-state index contributed by atoms with van der Waals surface area (Å²) >= 11 is 1.79. The molecule has 2 heterocycles. The molecule has 146 valence electrons. The molecule has 3 nitrogen and oxygen atoms in total. The highest BCUT2D eigenvalue weighted by Gasteiger charge is 2.18. The molecule has 3 aromatic rings. The van der Waals surface area contributed by atoms with Gasteiger partial charge in [-0.1, -0.05) is 30.3 Å². The molecule has 0 saturated carbocycles. The highest BCUT2D eigenvalue weighted by Crippen LogP contribution is 2.36. The lowest BCUT2D eigenvalue weighted by atomic mass is 9.90. The van der Waals surface area contributed by atoms with Gasteiger partial charge in [0.05, 0.1) is 7.11 Å². The highest BCUT2D eigenvalue weighted by molar-refractivity contribution is 7.10. The van der Waals surface area contributed by atoms with E-state index in [-0.39, 0.29) is 5.92 Å². The Morgan fingerprint density at radius 3 is 2.11 bits per heavy atom. The molecule has 0 amide bonds. The second-order valence-corrected chi connectivity index (χ2v) is 8.17. The molecule has 1 aliphatic heterocycles. The first-order chi connectivity index (χ1) is 13.8. The summed E-state index contributed by atoms with van der Waals surface area (Å²) in [6.45, 7) is 4.21. The molecule has 0 radical (unpaired) electrons. The smallest absolute Gasteiger partial charge is 0.119 e. The number of thiophene rings is 1. The van der Waals surface area contributed by atoms with Crippen LogP contribution in [0.15, 0.2) is 66.0 Å². The maximum atomic E-state index is 5.97. The first-order valence-corrected chi connectivity index (χ1v) is 10.8. The molecule has 2 aromatic carbocycles. The van der Waals surface area contributed by atoms with Gasteiger partial charge in [0.25, 0.3) is 0 Å². The lowest BCUT2D eigenvalue weighted by molar-refractivity contribution is 0.238. The predicted octanol–water partition coefficient (Wildman–Crippen LogP) is 5.41. The lowest BCUT2D eigenvalue weighted by Gasteiger charge is -2.18. The Hall–Kier alpha value is -2.30. The van der Waals surface area contributed by atoms with Gasteiger partial charge in [0.1, 0.15) is 18.1 Å². The summed E-state index contributed by atoms with van der Waals surface area (Å²) in [6, 6.07) is 21.3. The van der Waals surface area contributed by atoms with E-state index in [1.54, 1.807) is 18.4 Å². The van der Waals surface area contributed by atoms with E-state index < -0.39 is 0 Å². The first-order valence-electron chi connectivity index (χ1n) is 9.96. The average Bonchev–Trinajstić information content (AvgIpc) is 3.44. The van der Waals surface area contributed by atoms with E-state index in [0.29, 0.717) is 0 Å². The summed E-state index contributed by atoms with van der Waals surface area (Å²) in [6.07, 6.45) is 2.65. The summed E-state index contributed by atoms with van der Waals surface area (Å²) in [7, 11) is 1.70. The van der Waals surface area contributed by atoms with E-state index in [2.05, 4.69) is 58.8 Å². The van der Waals surface area contributed by atoms with E-state index in [4.69, 9.17) is 9.47 Å². The Kier molecular flexibility index (Phi) is 6.30. The van der Waals surface area contributed by atoms with Crippen molar-refractivity contribution in [3.63, 3.8) is 0 Å². The number of rotatable bonds is 8. The summed E-state index contributed by atoms with van der Waals surface area (Å²) in [5.41, 5.74) is 2.55. The molecule has 1 aliphatic rings. The number of hydrogen-bond donors (Lipinski definition) is 0. The van der Waals surface area contributed by atoms with Gasteiger partial charge in [-0.05, 0) is 72.8 Å². The number of methoxy groups -OCH3 is 1. The van der Waals surface area contributed by atoms with Crippen molar-refractivity contribution in [1.29, 1.82) is 0 Å². The molecule has 1 atom stereocenters. The van der Waals surface area contributed by atoms with Gasteiger partial charge in [-0.15, -0.1) is 11.3 Å². The molecule has 4 rings (SSSR count). The standard InChI is InChI=1S/C24H27NO2S/c1-26-21-10-6-19(7-11-21)24(23-5-4-18-28-23)20-8-12-22(13-9-20)27-17-16-25-14-2-3-15-25/h4-13,18,24H,2-3,14-17H2,1H3. The minimum absolute atomic E-state index is 0.226. The molecular formula is C24H27NO2S. The Morgan fingerprint density at radius 2 is 1.54 bits per heavy atom. The summed E-state index contributed by atoms with van der Waals surface area (Å²) in [5.74, 6) is 2.06. The van der Waals surface area contributed by atoms with Crippen LogP contribution in [0.2, 0.25) is 0 Å². The minimum Gasteiger partial charge on any atom is -0.497 e. The molecule has 0 spiro atoms. The normalized spacial score (nSPS) is 15.5. The SMILES string of the molecule is COc1ccc(C(c2ccc(OCCN3CCCC3)cc2)c2cccs2)cc1. The maximum absolute atomic E-state index is 5.97. The van der Waals surface area contributed by atoms with Crippen LogP contribution in [0, 0.1) is 0 Å². The summed E-state index contributed by atoms with van der Waals surface area (Å²) in [4.78, 5) is 3.82. The molecule has 1 saturated heterocycles. The number of ether oxygens (including phenoxy) is 2. The van der Waals surface area contributed by atoms with Gasteiger partial charge in [-0.25, -0.2) is 0 Å². The van der Waals surface area contributed by atoms with Crippen LogP contribution in [-0.2, 0) is 0 Å². The van der Waals surface area contributed by atoms with Crippen molar-refractivity contribution in [2.24, 2.45) is 0 Å². The fourth-order valence-electron chi connectivity index (χ4n) is 3.83. The highest BCUT2D eigenvalue weighted by atomic mass is 32.1. The minimum atomic E-state index is 0.226. The fraction of sp³-hybridized carbons (Fsp3) is 0.333. The number of hydrogen-bond acceptors (Lipinski definition) is 4.